The maximum atomic E-state index is 12.6. The zero-order valence-corrected chi connectivity index (χ0v) is 10.3. The van der Waals surface area contributed by atoms with Gasteiger partial charge in [-0.3, -0.25) is 0 Å². The van der Waals surface area contributed by atoms with Gasteiger partial charge in [0.2, 0.25) is 0 Å². The number of alkyl halides is 6. The van der Waals surface area contributed by atoms with Crippen LogP contribution in [0.5, 0.6) is 0 Å². The Morgan fingerprint density at radius 3 is 2.38 bits per heavy atom. The van der Waals surface area contributed by atoms with Crippen molar-refractivity contribution < 1.29 is 26.3 Å². The van der Waals surface area contributed by atoms with Gasteiger partial charge < -0.3 is 5.32 Å². The zero-order valence-electron chi connectivity index (χ0n) is 10.3. The van der Waals surface area contributed by atoms with Crippen molar-refractivity contribution in [3.05, 3.63) is 18.0 Å². The monoisotopic (exact) mass is 313 g/mol. The summed E-state index contributed by atoms with van der Waals surface area (Å²) in [7, 11) is 0. The second-order valence-corrected chi connectivity index (χ2v) is 4.16. The van der Waals surface area contributed by atoms with Crippen LogP contribution in [0.3, 0.4) is 0 Å². The quantitative estimate of drug-likeness (QED) is 0.696. The molecule has 11 heteroatoms. The number of hydrogen-bond donors (Lipinski definition) is 1. The van der Waals surface area contributed by atoms with Gasteiger partial charge in [0.15, 0.2) is 5.65 Å². The highest BCUT2D eigenvalue weighted by Crippen LogP contribution is 2.27. The second kappa shape index (κ2) is 5.37. The maximum Gasteiger partial charge on any atom is 0.453 e. The summed E-state index contributed by atoms with van der Waals surface area (Å²) in [6, 6.07) is 2.55. The summed E-state index contributed by atoms with van der Waals surface area (Å²) in [4.78, 5) is 0. The van der Waals surface area contributed by atoms with Crippen LogP contribution in [0.1, 0.15) is 18.7 Å². The van der Waals surface area contributed by atoms with E-state index in [2.05, 4.69) is 20.6 Å². The molecule has 0 saturated carbocycles. The summed E-state index contributed by atoms with van der Waals surface area (Å²) in [5.74, 6) is -1.29. The van der Waals surface area contributed by atoms with E-state index in [0.29, 0.717) is 4.52 Å². The average molecular weight is 313 g/mol. The Bertz CT molecular complexity index is 616. The van der Waals surface area contributed by atoms with Crippen LogP contribution in [-0.2, 0) is 6.18 Å². The normalized spacial score (nSPS) is 12.9. The second-order valence-electron chi connectivity index (χ2n) is 4.16. The summed E-state index contributed by atoms with van der Waals surface area (Å²) in [5.41, 5.74) is -0.108. The van der Waals surface area contributed by atoms with E-state index in [1.54, 1.807) is 0 Å². The molecule has 116 valence electrons. The molecule has 0 bridgehead atoms. The Hall–Kier alpha value is -2.07. The molecule has 0 spiro atoms. The van der Waals surface area contributed by atoms with E-state index < -0.39 is 24.6 Å². The van der Waals surface area contributed by atoms with Crippen LogP contribution in [0.2, 0.25) is 0 Å². The van der Waals surface area contributed by atoms with E-state index in [9.17, 15) is 26.3 Å². The Morgan fingerprint density at radius 1 is 1.05 bits per heavy atom. The van der Waals surface area contributed by atoms with E-state index in [1.807, 2.05) is 0 Å². The molecule has 0 amide bonds. The largest absolute Gasteiger partial charge is 0.453 e. The zero-order chi connectivity index (χ0) is 15.7. The molecule has 0 unspecified atom stereocenters. The van der Waals surface area contributed by atoms with Crippen molar-refractivity contribution in [2.24, 2.45) is 0 Å². The smallest absolute Gasteiger partial charge is 0.369 e. The molecular formula is C10H9F6N5. The number of hydrogen-bond acceptors (Lipinski definition) is 4. The topological polar surface area (TPSA) is 55.1 Å². The fourth-order valence-corrected chi connectivity index (χ4v) is 1.57. The van der Waals surface area contributed by atoms with Crippen molar-refractivity contribution >= 4 is 11.5 Å². The molecule has 0 atom stereocenters. The number of anilines is 1. The summed E-state index contributed by atoms with van der Waals surface area (Å²) < 4.78 is 74.2. The number of fused-ring (bicyclic) bond motifs is 1. The lowest BCUT2D eigenvalue weighted by molar-refractivity contribution is -0.146. The fraction of sp³-hybridized carbons (Fsp3) is 0.500. The van der Waals surface area contributed by atoms with Gasteiger partial charge in [-0.05, 0) is 18.6 Å². The van der Waals surface area contributed by atoms with Crippen molar-refractivity contribution in [1.82, 2.24) is 19.8 Å². The summed E-state index contributed by atoms with van der Waals surface area (Å²) in [5, 5.41) is 12.4. The molecule has 0 aliphatic heterocycles. The van der Waals surface area contributed by atoms with Crippen LogP contribution in [0, 0.1) is 0 Å². The molecule has 0 aliphatic rings. The molecule has 21 heavy (non-hydrogen) atoms. The SMILES string of the molecule is FC(F)(F)CCCNc1ccc2nnc(C(F)(F)F)n2n1. The molecule has 2 aromatic heterocycles. The molecule has 0 saturated heterocycles. The van der Waals surface area contributed by atoms with Crippen molar-refractivity contribution in [3.63, 3.8) is 0 Å². The Morgan fingerprint density at radius 2 is 1.76 bits per heavy atom. The third-order valence-corrected chi connectivity index (χ3v) is 2.46. The van der Waals surface area contributed by atoms with Crippen LogP contribution < -0.4 is 5.32 Å². The van der Waals surface area contributed by atoms with E-state index in [4.69, 9.17) is 0 Å². The first-order chi connectivity index (χ1) is 9.67. The molecule has 1 N–H and O–H groups in total. The van der Waals surface area contributed by atoms with Crippen LogP contribution in [-0.4, -0.2) is 32.5 Å². The standard InChI is InChI=1S/C10H9F6N5/c11-9(12,13)4-1-5-17-6-2-3-7-18-19-8(10(14,15)16)21(7)20-6/h2-3H,1,4-5H2,(H,17,20). The summed E-state index contributed by atoms with van der Waals surface area (Å²) >= 11 is 0. The van der Waals surface area contributed by atoms with Gasteiger partial charge in [0.25, 0.3) is 5.82 Å². The minimum atomic E-state index is -4.72. The molecule has 0 fully saturated rings. The van der Waals surface area contributed by atoms with Crippen LogP contribution in [0.25, 0.3) is 5.65 Å². The highest BCUT2D eigenvalue weighted by atomic mass is 19.4. The van der Waals surface area contributed by atoms with E-state index in [0.717, 1.165) is 0 Å². The Kier molecular flexibility index (Phi) is 3.92. The average Bonchev–Trinajstić information content (AvgIpc) is 2.76. The Balaban J connectivity index is 2.08. The molecule has 0 aromatic carbocycles. The Labute approximate surface area is 114 Å². The minimum Gasteiger partial charge on any atom is -0.369 e. The number of nitrogens with one attached hydrogen (secondary N) is 1. The van der Waals surface area contributed by atoms with E-state index in [1.165, 1.54) is 12.1 Å². The lowest BCUT2D eigenvalue weighted by Crippen LogP contribution is -2.14. The van der Waals surface area contributed by atoms with Gasteiger partial charge in [-0.1, -0.05) is 0 Å². The van der Waals surface area contributed by atoms with Gasteiger partial charge in [0, 0.05) is 13.0 Å². The first kappa shape index (κ1) is 15.3. The summed E-state index contributed by atoms with van der Waals surface area (Å²) in [6.45, 7) is -0.0680. The molecule has 0 aliphatic carbocycles. The lowest BCUT2D eigenvalue weighted by Gasteiger charge is -2.08. The predicted octanol–water partition coefficient (Wildman–Crippen LogP) is 2.90. The van der Waals surface area contributed by atoms with Gasteiger partial charge in [-0.25, -0.2) is 0 Å². The van der Waals surface area contributed by atoms with Crippen LogP contribution in [0.15, 0.2) is 12.1 Å². The fourth-order valence-electron chi connectivity index (χ4n) is 1.57. The highest BCUT2D eigenvalue weighted by molar-refractivity contribution is 5.44. The predicted molar refractivity (Wildman–Crippen MR) is 59.6 cm³/mol. The van der Waals surface area contributed by atoms with Crippen molar-refractivity contribution in [2.45, 2.75) is 25.2 Å². The molecule has 5 nitrogen and oxygen atoms in total. The van der Waals surface area contributed by atoms with Gasteiger partial charge in [0.05, 0.1) is 0 Å². The number of aromatic nitrogens is 4. The number of rotatable bonds is 4. The van der Waals surface area contributed by atoms with E-state index >= 15 is 0 Å². The summed E-state index contributed by atoms with van der Waals surface area (Å²) in [6.07, 6.45) is -10.2. The molecule has 2 heterocycles. The molecule has 2 aromatic rings. The lowest BCUT2D eigenvalue weighted by atomic mass is 10.3. The van der Waals surface area contributed by atoms with Gasteiger partial charge in [0.1, 0.15) is 5.82 Å². The van der Waals surface area contributed by atoms with Gasteiger partial charge >= 0.3 is 12.4 Å². The first-order valence-corrected chi connectivity index (χ1v) is 5.77. The van der Waals surface area contributed by atoms with Crippen LogP contribution >= 0.6 is 0 Å². The number of nitrogens with zero attached hydrogens (tertiary/aromatic N) is 4. The minimum absolute atomic E-state index is 0.00924. The van der Waals surface area contributed by atoms with Crippen LogP contribution in [0.4, 0.5) is 32.2 Å². The molecule has 0 radical (unpaired) electrons. The van der Waals surface area contributed by atoms with Gasteiger partial charge in [-0.15, -0.1) is 15.3 Å². The van der Waals surface area contributed by atoms with Crippen molar-refractivity contribution in [2.75, 3.05) is 11.9 Å². The highest BCUT2D eigenvalue weighted by Gasteiger charge is 2.37. The van der Waals surface area contributed by atoms with Crippen molar-refractivity contribution in [3.8, 4) is 0 Å². The molecule has 2 rings (SSSR count). The maximum absolute atomic E-state index is 12.6. The molecular weight excluding hydrogens is 304 g/mol. The first-order valence-electron chi connectivity index (χ1n) is 5.77. The van der Waals surface area contributed by atoms with Crippen molar-refractivity contribution in [1.29, 1.82) is 0 Å². The number of halogens is 6. The third-order valence-electron chi connectivity index (χ3n) is 2.46. The van der Waals surface area contributed by atoms with Gasteiger partial charge in [-0.2, -0.15) is 30.9 Å². The van der Waals surface area contributed by atoms with E-state index in [-0.39, 0.29) is 24.4 Å². The third kappa shape index (κ3) is 3.95.